The number of benzene rings is 1. The lowest BCUT2D eigenvalue weighted by atomic mass is 10.2. The summed E-state index contributed by atoms with van der Waals surface area (Å²) in [5.41, 5.74) is -0.0305. The van der Waals surface area contributed by atoms with E-state index in [0.29, 0.717) is 28.9 Å². The van der Waals surface area contributed by atoms with Gasteiger partial charge in [-0.05, 0) is 50.8 Å². The molecule has 1 amide bonds. The molecule has 1 N–H and O–H groups in total. The molecule has 1 aromatic carbocycles. The third kappa shape index (κ3) is 7.42. The molecular weight excluding hydrogens is 389 g/mol. The Labute approximate surface area is 167 Å². The molecule has 2 aromatic rings. The zero-order valence-electron chi connectivity index (χ0n) is 15.8. The number of carbonyl (C=O) groups is 1. The molecule has 27 heavy (non-hydrogen) atoms. The fourth-order valence-electron chi connectivity index (χ4n) is 2.12. The SMILES string of the molecule is CSCC[C@@H](NC(=O)OC(C)(C)C)c1nnc(SCc2ccccc2F)o1. The fourth-order valence-corrected chi connectivity index (χ4v) is 3.34. The number of aromatic nitrogens is 2. The summed E-state index contributed by atoms with van der Waals surface area (Å²) in [7, 11) is 0. The molecule has 1 atom stereocenters. The number of thioether (sulfide) groups is 2. The molecule has 6 nitrogen and oxygen atoms in total. The summed E-state index contributed by atoms with van der Waals surface area (Å²) in [4.78, 5) is 12.1. The van der Waals surface area contributed by atoms with Gasteiger partial charge < -0.3 is 14.5 Å². The number of hydrogen-bond donors (Lipinski definition) is 1. The number of nitrogens with one attached hydrogen (secondary N) is 1. The number of alkyl carbamates (subject to hydrolysis) is 1. The predicted molar refractivity (Wildman–Crippen MR) is 105 cm³/mol. The van der Waals surface area contributed by atoms with Crippen molar-refractivity contribution in [2.45, 2.75) is 49.8 Å². The minimum Gasteiger partial charge on any atom is -0.444 e. The molecule has 0 fully saturated rings. The first-order valence-electron chi connectivity index (χ1n) is 8.46. The van der Waals surface area contributed by atoms with Crippen LogP contribution in [0.3, 0.4) is 0 Å². The van der Waals surface area contributed by atoms with Gasteiger partial charge >= 0.3 is 6.09 Å². The van der Waals surface area contributed by atoms with Crippen LogP contribution >= 0.6 is 23.5 Å². The first-order chi connectivity index (χ1) is 12.8. The van der Waals surface area contributed by atoms with Crippen LogP contribution in [0, 0.1) is 5.82 Å². The molecule has 0 saturated carbocycles. The van der Waals surface area contributed by atoms with Crippen molar-refractivity contribution in [3.8, 4) is 0 Å². The van der Waals surface area contributed by atoms with Gasteiger partial charge in [0.25, 0.3) is 5.22 Å². The summed E-state index contributed by atoms with van der Waals surface area (Å²) < 4.78 is 24.7. The van der Waals surface area contributed by atoms with Crippen molar-refractivity contribution in [2.75, 3.05) is 12.0 Å². The van der Waals surface area contributed by atoms with Crippen molar-refractivity contribution in [3.05, 3.63) is 41.5 Å². The van der Waals surface area contributed by atoms with Crippen LogP contribution in [0.1, 0.15) is 44.7 Å². The van der Waals surface area contributed by atoms with E-state index < -0.39 is 17.7 Å². The number of amides is 1. The predicted octanol–water partition coefficient (Wildman–Crippen LogP) is 4.82. The maximum absolute atomic E-state index is 13.7. The van der Waals surface area contributed by atoms with E-state index >= 15 is 0 Å². The topological polar surface area (TPSA) is 77.2 Å². The Morgan fingerprint density at radius 1 is 1.33 bits per heavy atom. The number of carbonyl (C=O) groups excluding carboxylic acids is 1. The molecule has 2 rings (SSSR count). The van der Waals surface area contributed by atoms with E-state index in [9.17, 15) is 9.18 Å². The van der Waals surface area contributed by atoms with Gasteiger partial charge in [-0.2, -0.15) is 11.8 Å². The summed E-state index contributed by atoms with van der Waals surface area (Å²) in [5, 5.41) is 11.1. The molecular formula is C18H24FN3O3S2. The average Bonchev–Trinajstić information content (AvgIpc) is 3.05. The van der Waals surface area contributed by atoms with Crippen LogP contribution < -0.4 is 5.32 Å². The van der Waals surface area contributed by atoms with Crippen LogP contribution in [0.5, 0.6) is 0 Å². The highest BCUT2D eigenvalue weighted by Crippen LogP contribution is 2.26. The largest absolute Gasteiger partial charge is 0.444 e. The van der Waals surface area contributed by atoms with Gasteiger partial charge in [0.1, 0.15) is 17.5 Å². The van der Waals surface area contributed by atoms with Gasteiger partial charge in [0.2, 0.25) is 5.89 Å². The van der Waals surface area contributed by atoms with E-state index in [-0.39, 0.29) is 5.82 Å². The highest BCUT2D eigenvalue weighted by Gasteiger charge is 2.24. The first-order valence-corrected chi connectivity index (χ1v) is 10.8. The summed E-state index contributed by atoms with van der Waals surface area (Å²) in [6, 6.07) is 6.11. The van der Waals surface area contributed by atoms with Crippen LogP contribution in [-0.4, -0.2) is 33.9 Å². The molecule has 0 aliphatic carbocycles. The third-order valence-electron chi connectivity index (χ3n) is 3.33. The fraction of sp³-hybridized carbons (Fsp3) is 0.500. The van der Waals surface area contributed by atoms with Gasteiger partial charge in [-0.1, -0.05) is 30.0 Å². The van der Waals surface area contributed by atoms with Crippen LogP contribution in [-0.2, 0) is 10.5 Å². The summed E-state index contributed by atoms with van der Waals surface area (Å²) in [6.07, 6.45) is 2.07. The second-order valence-electron chi connectivity index (χ2n) is 6.77. The van der Waals surface area contributed by atoms with E-state index in [0.717, 1.165) is 5.75 Å². The van der Waals surface area contributed by atoms with Crippen molar-refractivity contribution in [1.29, 1.82) is 0 Å². The van der Waals surface area contributed by atoms with Crippen LogP contribution in [0.25, 0.3) is 0 Å². The molecule has 0 radical (unpaired) electrons. The van der Waals surface area contributed by atoms with E-state index in [2.05, 4.69) is 15.5 Å². The lowest BCUT2D eigenvalue weighted by Gasteiger charge is -2.22. The Morgan fingerprint density at radius 2 is 2.07 bits per heavy atom. The van der Waals surface area contributed by atoms with Crippen molar-refractivity contribution in [3.63, 3.8) is 0 Å². The number of ether oxygens (including phenoxy) is 1. The molecule has 0 unspecified atom stereocenters. The van der Waals surface area contributed by atoms with Gasteiger partial charge in [-0.25, -0.2) is 9.18 Å². The maximum atomic E-state index is 13.7. The van der Waals surface area contributed by atoms with E-state index in [1.807, 2.05) is 6.26 Å². The second kappa shape index (κ2) is 9.98. The van der Waals surface area contributed by atoms with Gasteiger partial charge in [-0.3, -0.25) is 0 Å². The number of halogens is 1. The van der Waals surface area contributed by atoms with Gasteiger partial charge in [0, 0.05) is 5.75 Å². The molecule has 0 aliphatic rings. The number of nitrogens with zero attached hydrogens (tertiary/aromatic N) is 2. The maximum Gasteiger partial charge on any atom is 0.408 e. The number of hydrogen-bond acceptors (Lipinski definition) is 7. The molecule has 0 bridgehead atoms. The lowest BCUT2D eigenvalue weighted by Crippen LogP contribution is -2.35. The Balaban J connectivity index is 2.01. The third-order valence-corrected chi connectivity index (χ3v) is 4.84. The normalized spacial score (nSPS) is 12.6. The standard InChI is InChI=1S/C18H24FN3O3S2/c1-18(2,3)25-16(23)20-14(9-10-26-4)15-21-22-17(24-15)27-11-12-7-5-6-8-13(12)19/h5-8,14H,9-11H2,1-4H3,(H,20,23)/t14-/m1/s1. The van der Waals surface area contributed by atoms with E-state index in [1.54, 1.807) is 50.7 Å². The molecule has 0 spiro atoms. The van der Waals surface area contributed by atoms with Crippen LogP contribution in [0.2, 0.25) is 0 Å². The Bertz CT molecular complexity index is 749. The zero-order chi connectivity index (χ0) is 19.9. The van der Waals surface area contributed by atoms with Crippen molar-refractivity contribution < 1.29 is 18.3 Å². The van der Waals surface area contributed by atoms with Crippen molar-refractivity contribution in [2.24, 2.45) is 0 Å². The average molecular weight is 414 g/mol. The minimum atomic E-state index is -0.594. The first kappa shape index (κ1) is 21.6. The Kier molecular flexibility index (Phi) is 7.97. The van der Waals surface area contributed by atoms with Crippen LogP contribution in [0.15, 0.2) is 33.9 Å². The zero-order valence-corrected chi connectivity index (χ0v) is 17.5. The smallest absolute Gasteiger partial charge is 0.408 e. The Hall–Kier alpha value is -1.74. The highest BCUT2D eigenvalue weighted by molar-refractivity contribution is 7.98. The quantitative estimate of drug-likeness (QED) is 0.622. The number of rotatable bonds is 8. The molecule has 148 valence electrons. The lowest BCUT2D eigenvalue weighted by molar-refractivity contribution is 0.0493. The van der Waals surface area contributed by atoms with Gasteiger partial charge in [0.15, 0.2) is 0 Å². The minimum absolute atomic E-state index is 0.269. The molecule has 0 saturated heterocycles. The van der Waals surface area contributed by atoms with Gasteiger partial charge in [0.05, 0.1) is 0 Å². The molecule has 0 aliphatic heterocycles. The van der Waals surface area contributed by atoms with Crippen molar-refractivity contribution in [1.82, 2.24) is 15.5 Å². The van der Waals surface area contributed by atoms with E-state index in [1.165, 1.54) is 17.8 Å². The van der Waals surface area contributed by atoms with E-state index in [4.69, 9.17) is 9.15 Å². The molecule has 1 heterocycles. The second-order valence-corrected chi connectivity index (χ2v) is 8.68. The van der Waals surface area contributed by atoms with Crippen LogP contribution in [0.4, 0.5) is 9.18 Å². The Morgan fingerprint density at radius 3 is 2.74 bits per heavy atom. The summed E-state index contributed by atoms with van der Waals surface area (Å²) in [6.45, 7) is 5.40. The summed E-state index contributed by atoms with van der Waals surface area (Å²) in [5.74, 6) is 1.23. The highest BCUT2D eigenvalue weighted by atomic mass is 32.2. The summed E-state index contributed by atoms with van der Waals surface area (Å²) >= 11 is 2.90. The molecule has 1 aromatic heterocycles. The van der Waals surface area contributed by atoms with Gasteiger partial charge in [-0.15, -0.1) is 10.2 Å². The van der Waals surface area contributed by atoms with Crippen molar-refractivity contribution >= 4 is 29.6 Å². The monoisotopic (exact) mass is 413 g/mol. The molecule has 9 heteroatoms.